The van der Waals surface area contributed by atoms with Gasteiger partial charge in [-0.05, 0) is 31.9 Å². The molecule has 1 saturated heterocycles. The van der Waals surface area contributed by atoms with Crippen LogP contribution < -0.4 is 5.32 Å². The molecule has 3 atom stereocenters. The predicted octanol–water partition coefficient (Wildman–Crippen LogP) is 4.12. The number of nitrogens with zero attached hydrogens (tertiary/aromatic N) is 3. The van der Waals surface area contributed by atoms with Crippen LogP contribution in [0.4, 0.5) is 8.78 Å². The summed E-state index contributed by atoms with van der Waals surface area (Å²) in [6.07, 6.45) is 1.20. The van der Waals surface area contributed by atoms with Crippen molar-refractivity contribution in [3.05, 3.63) is 62.5 Å². The molecule has 0 spiro atoms. The number of benzene rings is 1. The maximum Gasteiger partial charge on any atom is 0.338 e. The predicted molar refractivity (Wildman–Crippen MR) is 131 cm³/mol. The van der Waals surface area contributed by atoms with Gasteiger partial charge in [-0.1, -0.05) is 17.7 Å². The number of aliphatic carboxylic acids is 1. The van der Waals surface area contributed by atoms with Gasteiger partial charge in [0, 0.05) is 53.4 Å². The number of carboxylic acid groups (broad SMARTS) is 1. The quantitative estimate of drug-likeness (QED) is 0.438. The molecule has 1 aromatic carbocycles. The van der Waals surface area contributed by atoms with Gasteiger partial charge in [0.05, 0.1) is 12.2 Å². The fourth-order valence-corrected chi connectivity index (χ4v) is 5.21. The van der Waals surface area contributed by atoms with Crippen molar-refractivity contribution in [2.45, 2.75) is 44.4 Å². The molecule has 192 valence electrons. The number of hydrogen-bond donors (Lipinski definition) is 2. The van der Waals surface area contributed by atoms with E-state index in [9.17, 15) is 18.4 Å². The Hall–Kier alpha value is -2.89. The van der Waals surface area contributed by atoms with Gasteiger partial charge in [-0.2, -0.15) is 0 Å². The number of nitrogens with one attached hydrogen (secondary N) is 1. The number of ether oxygens (including phenoxy) is 1. The van der Waals surface area contributed by atoms with E-state index in [1.807, 2.05) is 4.90 Å². The number of esters is 1. The zero-order valence-corrected chi connectivity index (χ0v) is 21.0. The van der Waals surface area contributed by atoms with E-state index in [0.717, 1.165) is 6.07 Å². The van der Waals surface area contributed by atoms with Crippen LogP contribution in [0.3, 0.4) is 0 Å². The number of carbonyl (C=O) groups is 2. The zero-order valence-electron chi connectivity index (χ0n) is 19.4. The first-order valence-electron chi connectivity index (χ1n) is 11.5. The molecule has 0 bridgehead atoms. The van der Waals surface area contributed by atoms with Crippen LogP contribution in [0.15, 0.2) is 46.0 Å². The lowest BCUT2D eigenvalue weighted by molar-refractivity contribution is -0.139. The number of carbonyl (C=O) groups excluding carboxylic acids is 1. The molecule has 3 heterocycles. The highest BCUT2D eigenvalue weighted by atomic mass is 35.5. The van der Waals surface area contributed by atoms with E-state index in [1.165, 1.54) is 23.5 Å². The highest BCUT2D eigenvalue weighted by Crippen LogP contribution is 2.38. The van der Waals surface area contributed by atoms with Crippen LogP contribution in [0.1, 0.15) is 42.8 Å². The Balaban J connectivity index is 1.72. The summed E-state index contributed by atoms with van der Waals surface area (Å²) in [6.45, 7) is 2.12. The number of amidine groups is 1. The van der Waals surface area contributed by atoms with E-state index in [2.05, 4.69) is 10.3 Å². The number of hydrogen-bond acceptors (Lipinski definition) is 8. The molecule has 8 nitrogen and oxygen atoms in total. The van der Waals surface area contributed by atoms with Crippen molar-refractivity contribution < 1.29 is 28.2 Å². The molecule has 36 heavy (non-hydrogen) atoms. The van der Waals surface area contributed by atoms with Gasteiger partial charge >= 0.3 is 11.9 Å². The molecule has 2 aliphatic rings. The minimum absolute atomic E-state index is 0.0436. The van der Waals surface area contributed by atoms with Crippen LogP contribution in [0, 0.1) is 5.82 Å². The van der Waals surface area contributed by atoms with E-state index in [1.54, 1.807) is 18.5 Å². The Labute approximate surface area is 215 Å². The fourth-order valence-electron chi connectivity index (χ4n) is 4.35. The molecule has 0 radical (unpaired) electrons. The Morgan fingerprint density at radius 1 is 1.39 bits per heavy atom. The van der Waals surface area contributed by atoms with E-state index in [0.29, 0.717) is 34.9 Å². The largest absolute Gasteiger partial charge is 0.481 e. The molecule has 1 aromatic heterocycles. The Bertz CT molecular complexity index is 1190. The summed E-state index contributed by atoms with van der Waals surface area (Å²) < 4.78 is 33.5. The number of aliphatic imine (C=N–C) groups is 1. The Morgan fingerprint density at radius 2 is 2.19 bits per heavy atom. The van der Waals surface area contributed by atoms with Gasteiger partial charge < -0.3 is 15.2 Å². The summed E-state index contributed by atoms with van der Waals surface area (Å²) in [5, 5.41) is 14.6. The van der Waals surface area contributed by atoms with Gasteiger partial charge in [0.15, 0.2) is 10.8 Å². The van der Waals surface area contributed by atoms with Crippen LogP contribution in [0.25, 0.3) is 0 Å². The molecule has 0 saturated carbocycles. The van der Waals surface area contributed by atoms with Gasteiger partial charge in [0.1, 0.15) is 18.0 Å². The molecule has 2 N–H and O–H groups in total. The van der Waals surface area contributed by atoms with E-state index < -0.39 is 36.0 Å². The number of aromatic nitrogens is 1. The number of alkyl halides is 1. The second kappa shape index (κ2) is 11.4. The number of halogens is 3. The number of thiazole rings is 1. The van der Waals surface area contributed by atoms with E-state index in [4.69, 9.17) is 26.4 Å². The average molecular weight is 539 g/mol. The third-order valence-corrected chi connectivity index (χ3v) is 7.17. The Morgan fingerprint density at radius 3 is 2.83 bits per heavy atom. The number of rotatable bonds is 10. The summed E-state index contributed by atoms with van der Waals surface area (Å²) >= 11 is 7.72. The molecular weight excluding hydrogens is 514 g/mol. The van der Waals surface area contributed by atoms with Crippen molar-refractivity contribution in [2.75, 3.05) is 19.7 Å². The smallest absolute Gasteiger partial charge is 0.338 e. The van der Waals surface area contributed by atoms with Crippen molar-refractivity contribution in [1.29, 1.82) is 0 Å². The highest BCUT2D eigenvalue weighted by molar-refractivity contribution is 7.11. The molecule has 2 aromatic rings. The first-order chi connectivity index (χ1) is 17.3. The normalized spacial score (nSPS) is 22.0. The van der Waals surface area contributed by atoms with E-state index in [-0.39, 0.29) is 36.7 Å². The van der Waals surface area contributed by atoms with Crippen LogP contribution in [-0.2, 0) is 14.3 Å². The summed E-state index contributed by atoms with van der Waals surface area (Å²) in [7, 11) is 0. The minimum atomic E-state index is -1.09. The third kappa shape index (κ3) is 5.74. The maximum absolute atomic E-state index is 14.4. The van der Waals surface area contributed by atoms with Crippen molar-refractivity contribution in [2.24, 2.45) is 4.99 Å². The lowest BCUT2D eigenvalue weighted by Crippen LogP contribution is -2.59. The minimum Gasteiger partial charge on any atom is -0.481 e. The SMILES string of the molecule is CCOC(=O)C1=C(CN2CC(F)C2CCCC(=O)O)NC(c2nccs2)=NC1c1ccc(F)cc1Cl. The van der Waals surface area contributed by atoms with Crippen molar-refractivity contribution in [3.8, 4) is 0 Å². The number of likely N-dealkylation sites (tertiary alicyclic amines) is 1. The van der Waals surface area contributed by atoms with Crippen LogP contribution in [0.5, 0.6) is 0 Å². The molecule has 2 aliphatic heterocycles. The van der Waals surface area contributed by atoms with E-state index >= 15 is 0 Å². The van der Waals surface area contributed by atoms with Crippen molar-refractivity contribution in [1.82, 2.24) is 15.2 Å². The lowest BCUT2D eigenvalue weighted by atomic mass is 9.92. The molecule has 0 amide bonds. The second-order valence-electron chi connectivity index (χ2n) is 8.42. The molecule has 12 heteroatoms. The second-order valence-corrected chi connectivity index (χ2v) is 9.72. The molecule has 0 aliphatic carbocycles. The standard InChI is InChI=1S/C24H25ClF2N4O4S/c1-2-35-24(34)20-17(12-31-11-16(27)18(31)4-3-5-19(32)33)29-22(23-28-8-9-36-23)30-21(20)14-7-6-13(26)10-15(14)25/h6-10,16,18,21H,2-5,11-12H2,1H3,(H,29,30)(H,32,33). The van der Waals surface area contributed by atoms with Crippen molar-refractivity contribution in [3.63, 3.8) is 0 Å². The van der Waals surface area contributed by atoms with Crippen LogP contribution in [0.2, 0.25) is 5.02 Å². The third-order valence-electron chi connectivity index (χ3n) is 6.06. The first kappa shape index (κ1) is 26.2. The van der Waals surface area contributed by atoms with Gasteiger partial charge in [0.25, 0.3) is 0 Å². The topological polar surface area (TPSA) is 104 Å². The van der Waals surface area contributed by atoms with Crippen LogP contribution in [-0.4, -0.2) is 64.7 Å². The van der Waals surface area contributed by atoms with Gasteiger partial charge in [-0.3, -0.25) is 14.7 Å². The maximum atomic E-state index is 14.4. The molecule has 1 fully saturated rings. The summed E-state index contributed by atoms with van der Waals surface area (Å²) in [4.78, 5) is 34.9. The summed E-state index contributed by atoms with van der Waals surface area (Å²) in [6, 6.07) is 2.49. The summed E-state index contributed by atoms with van der Waals surface area (Å²) in [5.74, 6) is -1.67. The van der Waals surface area contributed by atoms with Crippen molar-refractivity contribution >= 4 is 40.7 Å². The average Bonchev–Trinajstić information content (AvgIpc) is 3.36. The molecular formula is C24H25ClF2N4O4S. The zero-order chi connectivity index (χ0) is 25.8. The van der Waals surface area contributed by atoms with Gasteiger partial charge in [-0.25, -0.2) is 18.6 Å². The lowest BCUT2D eigenvalue weighted by Gasteiger charge is -2.45. The first-order valence-corrected chi connectivity index (χ1v) is 12.7. The fraction of sp³-hybridized carbons (Fsp3) is 0.417. The van der Waals surface area contributed by atoms with Gasteiger partial charge in [0.2, 0.25) is 0 Å². The molecule has 4 rings (SSSR count). The highest BCUT2D eigenvalue weighted by Gasteiger charge is 2.41. The monoisotopic (exact) mass is 538 g/mol. The Kier molecular flexibility index (Phi) is 8.32. The number of carboxylic acids is 1. The van der Waals surface area contributed by atoms with Gasteiger partial charge in [-0.15, -0.1) is 11.3 Å². The molecule has 3 unspecified atom stereocenters. The summed E-state index contributed by atoms with van der Waals surface area (Å²) in [5.41, 5.74) is 1.06. The van der Waals surface area contributed by atoms with Crippen LogP contribution >= 0.6 is 22.9 Å².